The Balaban J connectivity index is 0.000000245. The lowest BCUT2D eigenvalue weighted by Gasteiger charge is -1.80. The second kappa shape index (κ2) is 8.34. The number of rotatable bonds is 0. The van der Waals surface area contributed by atoms with E-state index in [9.17, 15) is 0 Å². The summed E-state index contributed by atoms with van der Waals surface area (Å²) in [6, 6.07) is 18.9. The summed E-state index contributed by atoms with van der Waals surface area (Å²) < 4.78 is 0. The fraction of sp³-hybridized carbons (Fsp3) is 0.0769. The molecule has 0 aromatic heterocycles. The molecule has 0 unspecified atom stereocenters. The van der Waals surface area contributed by atoms with Crippen LogP contribution in [0.4, 0.5) is 0 Å². The lowest BCUT2D eigenvalue weighted by atomic mass is 10.4. The van der Waals surface area contributed by atoms with Gasteiger partial charge in [-0.1, -0.05) is 67.0 Å². The van der Waals surface area contributed by atoms with Gasteiger partial charge in [-0.25, -0.2) is 0 Å². The van der Waals surface area contributed by atoms with E-state index in [0.29, 0.717) is 0 Å². The highest BCUT2D eigenvalue weighted by Crippen LogP contribution is 2.04. The SMILES string of the molecule is C.Clc1ccccc1.Clc1ccccc1. The van der Waals surface area contributed by atoms with Crippen LogP contribution in [0, 0.1) is 0 Å². The molecular formula is C13H14Cl2. The van der Waals surface area contributed by atoms with Gasteiger partial charge in [-0.3, -0.25) is 0 Å². The first kappa shape index (κ1) is 14.0. The molecule has 0 spiro atoms. The molecule has 2 rings (SSSR count). The van der Waals surface area contributed by atoms with E-state index in [2.05, 4.69) is 0 Å². The molecule has 0 aliphatic heterocycles. The molecule has 0 aliphatic rings. The molecule has 0 radical (unpaired) electrons. The second-order valence-corrected chi connectivity index (χ2v) is 3.46. The summed E-state index contributed by atoms with van der Waals surface area (Å²) in [7, 11) is 0. The van der Waals surface area contributed by atoms with Crippen molar-refractivity contribution >= 4 is 23.2 Å². The Labute approximate surface area is 101 Å². The van der Waals surface area contributed by atoms with E-state index in [1.165, 1.54) is 0 Å². The lowest BCUT2D eigenvalue weighted by molar-refractivity contribution is 1.71. The molecule has 0 aliphatic carbocycles. The van der Waals surface area contributed by atoms with Crippen molar-refractivity contribution in [2.45, 2.75) is 7.43 Å². The first-order valence-electron chi connectivity index (χ1n) is 4.20. The summed E-state index contributed by atoms with van der Waals surface area (Å²) in [5.41, 5.74) is 0. The van der Waals surface area contributed by atoms with Gasteiger partial charge in [0.25, 0.3) is 0 Å². The van der Waals surface area contributed by atoms with Gasteiger partial charge < -0.3 is 0 Å². The van der Waals surface area contributed by atoms with Gasteiger partial charge in [0.2, 0.25) is 0 Å². The largest absolute Gasteiger partial charge is 0.0843 e. The zero-order chi connectivity index (χ0) is 10.2. The van der Waals surface area contributed by atoms with E-state index in [1.807, 2.05) is 60.7 Å². The van der Waals surface area contributed by atoms with Crippen molar-refractivity contribution in [3.05, 3.63) is 70.7 Å². The monoisotopic (exact) mass is 240 g/mol. The van der Waals surface area contributed by atoms with Gasteiger partial charge in [-0.15, -0.1) is 0 Å². The van der Waals surface area contributed by atoms with Crippen molar-refractivity contribution in [3.63, 3.8) is 0 Å². The minimum atomic E-state index is 0. The van der Waals surface area contributed by atoms with Crippen molar-refractivity contribution < 1.29 is 0 Å². The van der Waals surface area contributed by atoms with Crippen molar-refractivity contribution in [3.8, 4) is 0 Å². The van der Waals surface area contributed by atoms with Gasteiger partial charge >= 0.3 is 0 Å². The average Bonchev–Trinajstić information content (AvgIpc) is 2.21. The molecule has 0 amide bonds. The van der Waals surface area contributed by atoms with Crippen LogP contribution in [0.2, 0.25) is 10.0 Å². The molecule has 80 valence electrons. The van der Waals surface area contributed by atoms with Crippen molar-refractivity contribution in [2.75, 3.05) is 0 Å². The molecular weight excluding hydrogens is 227 g/mol. The number of hydrogen-bond acceptors (Lipinski definition) is 0. The summed E-state index contributed by atoms with van der Waals surface area (Å²) in [6.07, 6.45) is 0. The second-order valence-electron chi connectivity index (χ2n) is 2.59. The van der Waals surface area contributed by atoms with Crippen molar-refractivity contribution in [1.82, 2.24) is 0 Å². The highest BCUT2D eigenvalue weighted by atomic mass is 35.5. The van der Waals surface area contributed by atoms with Crippen LogP contribution in [0.3, 0.4) is 0 Å². The fourth-order valence-corrected chi connectivity index (χ4v) is 1.12. The molecule has 2 aromatic carbocycles. The Morgan fingerprint density at radius 3 is 0.933 bits per heavy atom. The number of hydrogen-bond donors (Lipinski definition) is 0. The minimum Gasteiger partial charge on any atom is -0.0843 e. The van der Waals surface area contributed by atoms with E-state index < -0.39 is 0 Å². The first-order valence-corrected chi connectivity index (χ1v) is 4.96. The van der Waals surface area contributed by atoms with Crippen LogP contribution in [0.1, 0.15) is 7.43 Å². The summed E-state index contributed by atoms with van der Waals surface area (Å²) >= 11 is 11.1. The maximum Gasteiger partial charge on any atom is 0.0405 e. The third-order valence-corrected chi connectivity index (χ3v) is 1.97. The molecule has 0 N–H and O–H groups in total. The van der Waals surface area contributed by atoms with Crippen LogP contribution in [0.25, 0.3) is 0 Å². The average molecular weight is 241 g/mol. The van der Waals surface area contributed by atoms with E-state index >= 15 is 0 Å². The molecule has 0 atom stereocenters. The maximum atomic E-state index is 5.54. The molecule has 0 heterocycles. The van der Waals surface area contributed by atoms with E-state index in [1.54, 1.807) is 0 Å². The summed E-state index contributed by atoms with van der Waals surface area (Å²) in [6.45, 7) is 0. The van der Waals surface area contributed by atoms with Crippen LogP contribution in [-0.4, -0.2) is 0 Å². The smallest absolute Gasteiger partial charge is 0.0405 e. The van der Waals surface area contributed by atoms with Crippen molar-refractivity contribution in [1.29, 1.82) is 0 Å². The standard InChI is InChI=1S/2C6H5Cl.CH4/c2*7-6-4-2-1-3-5-6;/h2*1-5H;1H4. The first-order chi connectivity index (χ1) is 6.79. The summed E-state index contributed by atoms with van der Waals surface area (Å²) in [4.78, 5) is 0. The minimum absolute atomic E-state index is 0. The van der Waals surface area contributed by atoms with Gasteiger partial charge in [0, 0.05) is 10.0 Å². The van der Waals surface area contributed by atoms with Crippen LogP contribution >= 0.6 is 23.2 Å². The van der Waals surface area contributed by atoms with Crippen LogP contribution < -0.4 is 0 Å². The third-order valence-electron chi connectivity index (χ3n) is 1.47. The summed E-state index contributed by atoms with van der Waals surface area (Å²) in [5, 5.41) is 1.59. The molecule has 2 heteroatoms. The molecule has 0 saturated carbocycles. The zero-order valence-corrected chi connectivity index (χ0v) is 9.04. The van der Waals surface area contributed by atoms with Crippen LogP contribution in [0.5, 0.6) is 0 Å². The Morgan fingerprint density at radius 2 is 0.800 bits per heavy atom. The highest BCUT2D eigenvalue weighted by molar-refractivity contribution is 6.30. The van der Waals surface area contributed by atoms with Gasteiger partial charge in [0.1, 0.15) is 0 Å². The predicted octanol–water partition coefficient (Wildman–Crippen LogP) is 5.32. The summed E-state index contributed by atoms with van der Waals surface area (Å²) in [5.74, 6) is 0. The zero-order valence-electron chi connectivity index (χ0n) is 7.53. The highest BCUT2D eigenvalue weighted by Gasteiger charge is 1.75. The molecule has 0 fully saturated rings. The normalized spacial score (nSPS) is 8.13. The molecule has 0 saturated heterocycles. The van der Waals surface area contributed by atoms with Crippen molar-refractivity contribution in [2.24, 2.45) is 0 Å². The number of benzene rings is 2. The van der Waals surface area contributed by atoms with E-state index in [0.717, 1.165) is 10.0 Å². The molecule has 2 aromatic rings. The Bertz CT molecular complexity index is 306. The predicted molar refractivity (Wildman–Crippen MR) is 69.6 cm³/mol. The molecule has 0 nitrogen and oxygen atoms in total. The lowest BCUT2D eigenvalue weighted by Crippen LogP contribution is -1.55. The fourth-order valence-electron chi connectivity index (χ4n) is 0.829. The van der Waals surface area contributed by atoms with E-state index in [4.69, 9.17) is 23.2 Å². The molecule has 0 bridgehead atoms. The maximum absolute atomic E-state index is 5.54. The Morgan fingerprint density at radius 1 is 0.533 bits per heavy atom. The van der Waals surface area contributed by atoms with E-state index in [-0.39, 0.29) is 7.43 Å². The Hall–Kier alpha value is -0.980. The van der Waals surface area contributed by atoms with Crippen LogP contribution in [-0.2, 0) is 0 Å². The van der Waals surface area contributed by atoms with Crippen LogP contribution in [0.15, 0.2) is 60.7 Å². The molecule has 15 heavy (non-hydrogen) atoms. The third kappa shape index (κ3) is 7.01. The topological polar surface area (TPSA) is 0 Å². The Kier molecular flexibility index (Phi) is 7.79. The number of halogens is 2. The van der Waals surface area contributed by atoms with Gasteiger partial charge in [-0.2, -0.15) is 0 Å². The van der Waals surface area contributed by atoms with Gasteiger partial charge in [0.15, 0.2) is 0 Å². The quantitative estimate of drug-likeness (QED) is 0.585. The van der Waals surface area contributed by atoms with Gasteiger partial charge in [0.05, 0.1) is 0 Å². The van der Waals surface area contributed by atoms with Gasteiger partial charge in [-0.05, 0) is 24.3 Å².